The van der Waals surface area contributed by atoms with E-state index < -0.39 is 11.5 Å². The minimum Gasteiger partial charge on any atom is -0.480 e. The van der Waals surface area contributed by atoms with E-state index in [4.69, 9.17) is 0 Å². The summed E-state index contributed by atoms with van der Waals surface area (Å²) in [5, 5.41) is 13.2. The molecular formula is C17H30N2O2. The van der Waals surface area contributed by atoms with Gasteiger partial charge in [0.1, 0.15) is 5.54 Å². The molecular weight excluding hydrogens is 264 g/mol. The van der Waals surface area contributed by atoms with E-state index in [1.54, 1.807) is 0 Å². The Morgan fingerprint density at radius 3 is 2.57 bits per heavy atom. The van der Waals surface area contributed by atoms with Crippen molar-refractivity contribution in [1.82, 2.24) is 10.2 Å². The highest BCUT2D eigenvalue weighted by atomic mass is 16.4. The lowest BCUT2D eigenvalue weighted by Crippen LogP contribution is -2.52. The maximum absolute atomic E-state index is 11.8. The van der Waals surface area contributed by atoms with Gasteiger partial charge in [-0.3, -0.25) is 10.1 Å². The highest BCUT2D eigenvalue weighted by molar-refractivity contribution is 5.79. The van der Waals surface area contributed by atoms with Crippen molar-refractivity contribution in [3.8, 4) is 0 Å². The summed E-state index contributed by atoms with van der Waals surface area (Å²) < 4.78 is 0. The van der Waals surface area contributed by atoms with Crippen LogP contribution in [0.5, 0.6) is 0 Å². The minimum absolute atomic E-state index is 0.448. The van der Waals surface area contributed by atoms with Crippen molar-refractivity contribution < 1.29 is 9.90 Å². The van der Waals surface area contributed by atoms with Gasteiger partial charge >= 0.3 is 5.97 Å². The van der Waals surface area contributed by atoms with Gasteiger partial charge in [0.15, 0.2) is 0 Å². The number of hydrogen-bond acceptors (Lipinski definition) is 3. The summed E-state index contributed by atoms with van der Waals surface area (Å²) >= 11 is 0. The van der Waals surface area contributed by atoms with Crippen LogP contribution in [-0.2, 0) is 4.79 Å². The third kappa shape index (κ3) is 3.42. The fraction of sp³-hybridized carbons (Fsp3) is 0.941. The molecule has 21 heavy (non-hydrogen) atoms. The van der Waals surface area contributed by atoms with E-state index >= 15 is 0 Å². The number of carbonyl (C=O) groups is 1. The van der Waals surface area contributed by atoms with Crippen LogP contribution in [0.25, 0.3) is 0 Å². The van der Waals surface area contributed by atoms with Crippen LogP contribution < -0.4 is 5.32 Å². The smallest absolute Gasteiger partial charge is 0.323 e. The summed E-state index contributed by atoms with van der Waals surface area (Å²) in [5.41, 5.74) is -0.197. The summed E-state index contributed by atoms with van der Waals surface area (Å²) in [7, 11) is 0. The lowest BCUT2D eigenvalue weighted by molar-refractivity contribution is -0.145. The van der Waals surface area contributed by atoms with Crippen LogP contribution in [0, 0.1) is 5.41 Å². The van der Waals surface area contributed by atoms with E-state index in [1.165, 1.54) is 19.3 Å². The molecule has 3 aliphatic rings. The number of carboxylic acids is 1. The molecule has 0 bridgehead atoms. The van der Waals surface area contributed by atoms with Crippen molar-refractivity contribution >= 4 is 5.97 Å². The molecule has 0 aromatic carbocycles. The highest BCUT2D eigenvalue weighted by Crippen LogP contribution is 2.38. The quantitative estimate of drug-likeness (QED) is 0.837. The molecule has 2 N–H and O–H groups in total. The van der Waals surface area contributed by atoms with Gasteiger partial charge in [-0.25, -0.2) is 0 Å². The molecule has 1 saturated heterocycles. The standard InChI is InChI=1S/C17H30N2O2/c1-16(2)7-3-10-19(11-9-16)14-6-8-17(12-14,15(20)21)18-13-4-5-13/h13-14,18H,3-12H2,1-2H3,(H,20,21). The summed E-state index contributed by atoms with van der Waals surface area (Å²) in [6.45, 7) is 7.01. The second-order valence-corrected chi connectivity index (χ2v) is 8.26. The number of hydrogen-bond donors (Lipinski definition) is 2. The van der Waals surface area contributed by atoms with Crippen LogP contribution in [0.3, 0.4) is 0 Å². The molecule has 1 heterocycles. The molecule has 3 rings (SSSR count). The van der Waals surface area contributed by atoms with Gasteiger partial charge in [-0.1, -0.05) is 13.8 Å². The first-order valence-electron chi connectivity index (χ1n) is 8.65. The Labute approximate surface area is 128 Å². The van der Waals surface area contributed by atoms with Gasteiger partial charge in [0.05, 0.1) is 0 Å². The maximum atomic E-state index is 11.8. The molecule has 0 aromatic rings. The SMILES string of the molecule is CC1(C)CCCN(C2CCC(NC3CC3)(C(=O)O)C2)CC1. The van der Waals surface area contributed by atoms with Gasteiger partial charge in [0, 0.05) is 12.1 Å². The van der Waals surface area contributed by atoms with Crippen LogP contribution >= 0.6 is 0 Å². The Kier molecular flexibility index (Phi) is 4.04. The Morgan fingerprint density at radius 1 is 1.14 bits per heavy atom. The molecule has 0 amide bonds. The van der Waals surface area contributed by atoms with Gasteiger partial charge in [-0.15, -0.1) is 0 Å². The first kappa shape index (κ1) is 15.3. The van der Waals surface area contributed by atoms with E-state index in [0.717, 1.165) is 45.2 Å². The zero-order chi connectivity index (χ0) is 15.1. The monoisotopic (exact) mass is 294 g/mol. The summed E-state index contributed by atoms with van der Waals surface area (Å²) in [6.07, 6.45) is 8.70. The van der Waals surface area contributed by atoms with Gasteiger partial charge in [-0.2, -0.15) is 0 Å². The van der Waals surface area contributed by atoms with Crippen LogP contribution in [-0.4, -0.2) is 46.7 Å². The Balaban J connectivity index is 1.63. The number of likely N-dealkylation sites (tertiary alicyclic amines) is 1. The lowest BCUT2D eigenvalue weighted by Gasteiger charge is -2.31. The number of nitrogens with one attached hydrogen (secondary N) is 1. The average Bonchev–Trinajstić information content (AvgIpc) is 3.13. The topological polar surface area (TPSA) is 52.6 Å². The normalized spacial score (nSPS) is 37.3. The van der Waals surface area contributed by atoms with Crippen molar-refractivity contribution in [1.29, 1.82) is 0 Å². The Hall–Kier alpha value is -0.610. The zero-order valence-corrected chi connectivity index (χ0v) is 13.5. The minimum atomic E-state index is -0.645. The molecule has 3 fully saturated rings. The molecule has 120 valence electrons. The Morgan fingerprint density at radius 2 is 1.90 bits per heavy atom. The third-order valence-electron chi connectivity index (χ3n) is 5.85. The molecule has 4 heteroatoms. The number of rotatable bonds is 4. The molecule has 2 unspecified atom stereocenters. The maximum Gasteiger partial charge on any atom is 0.323 e. The summed E-state index contributed by atoms with van der Waals surface area (Å²) in [4.78, 5) is 14.4. The first-order chi connectivity index (χ1) is 9.90. The summed E-state index contributed by atoms with van der Waals surface area (Å²) in [5.74, 6) is -0.632. The predicted molar refractivity (Wildman–Crippen MR) is 83.4 cm³/mol. The molecule has 0 spiro atoms. The van der Waals surface area contributed by atoms with Gasteiger partial charge in [0.2, 0.25) is 0 Å². The van der Waals surface area contributed by atoms with E-state index in [2.05, 4.69) is 24.1 Å². The molecule has 0 aromatic heterocycles. The second-order valence-electron chi connectivity index (χ2n) is 8.26. The Bertz CT molecular complexity index is 406. The number of nitrogens with zero attached hydrogens (tertiary/aromatic N) is 1. The van der Waals surface area contributed by atoms with Gasteiger partial charge in [0.25, 0.3) is 0 Å². The molecule has 4 nitrogen and oxygen atoms in total. The van der Waals surface area contributed by atoms with Crippen molar-refractivity contribution in [2.75, 3.05) is 13.1 Å². The molecule has 2 aliphatic carbocycles. The van der Waals surface area contributed by atoms with Gasteiger partial charge in [-0.05, 0) is 69.9 Å². The van der Waals surface area contributed by atoms with E-state index in [-0.39, 0.29) is 0 Å². The van der Waals surface area contributed by atoms with Crippen molar-refractivity contribution in [2.45, 2.75) is 82.8 Å². The third-order valence-corrected chi connectivity index (χ3v) is 5.85. The van der Waals surface area contributed by atoms with Gasteiger partial charge < -0.3 is 10.0 Å². The molecule has 2 atom stereocenters. The van der Waals surface area contributed by atoms with Crippen molar-refractivity contribution in [3.63, 3.8) is 0 Å². The van der Waals surface area contributed by atoms with Crippen LogP contribution in [0.4, 0.5) is 0 Å². The van der Waals surface area contributed by atoms with Crippen LogP contribution in [0.1, 0.15) is 65.2 Å². The van der Waals surface area contributed by atoms with Crippen molar-refractivity contribution in [2.24, 2.45) is 5.41 Å². The highest BCUT2D eigenvalue weighted by Gasteiger charge is 2.49. The molecule has 2 saturated carbocycles. The predicted octanol–water partition coefficient (Wildman–Crippen LogP) is 2.63. The van der Waals surface area contributed by atoms with Crippen LogP contribution in [0.15, 0.2) is 0 Å². The number of carboxylic acid groups (broad SMARTS) is 1. The largest absolute Gasteiger partial charge is 0.480 e. The average molecular weight is 294 g/mol. The lowest BCUT2D eigenvalue weighted by atomic mass is 9.85. The van der Waals surface area contributed by atoms with E-state index in [9.17, 15) is 9.90 Å². The fourth-order valence-electron chi connectivity index (χ4n) is 4.15. The van der Waals surface area contributed by atoms with Crippen molar-refractivity contribution in [3.05, 3.63) is 0 Å². The van der Waals surface area contributed by atoms with E-state index in [1.807, 2.05) is 0 Å². The van der Waals surface area contributed by atoms with Crippen LogP contribution in [0.2, 0.25) is 0 Å². The zero-order valence-electron chi connectivity index (χ0n) is 13.5. The van der Waals surface area contributed by atoms with E-state index in [0.29, 0.717) is 17.5 Å². The summed E-state index contributed by atoms with van der Waals surface area (Å²) in [6, 6.07) is 0.921. The fourth-order valence-corrected chi connectivity index (χ4v) is 4.15. The molecule has 0 radical (unpaired) electrons. The first-order valence-corrected chi connectivity index (χ1v) is 8.65. The molecule has 1 aliphatic heterocycles. The second kappa shape index (κ2) is 5.54. The number of aliphatic carboxylic acids is 1.